The first-order chi connectivity index (χ1) is 10.2. The smallest absolute Gasteiger partial charge is 0.246 e. The van der Waals surface area contributed by atoms with Crippen molar-refractivity contribution in [2.75, 3.05) is 26.3 Å². The molecule has 1 amide bonds. The Morgan fingerprint density at radius 2 is 1.95 bits per heavy atom. The summed E-state index contributed by atoms with van der Waals surface area (Å²) in [7, 11) is 0. The molecule has 112 valence electrons. The van der Waals surface area contributed by atoms with Gasteiger partial charge in [0.15, 0.2) is 5.79 Å². The number of ether oxygens (including phenoxy) is 2. The zero-order chi connectivity index (χ0) is 14.7. The molecule has 2 aliphatic heterocycles. The third-order valence-corrected chi connectivity index (χ3v) is 4.11. The molecular formula is C17H21NO3. The fourth-order valence-electron chi connectivity index (χ4n) is 2.90. The molecule has 1 aromatic rings. The first-order valence-electron chi connectivity index (χ1n) is 7.48. The Labute approximate surface area is 125 Å². The SMILES string of the molecule is Cc1cccc(C=CC(=O)N2CCC3(CC2)OCCO3)c1. The molecule has 1 aromatic carbocycles. The molecule has 2 saturated heterocycles. The Hall–Kier alpha value is -1.65. The van der Waals surface area contributed by atoms with E-state index in [2.05, 4.69) is 6.07 Å². The second-order valence-electron chi connectivity index (χ2n) is 5.68. The lowest BCUT2D eigenvalue weighted by molar-refractivity contribution is -0.186. The number of rotatable bonds is 2. The molecule has 2 aliphatic rings. The molecule has 0 N–H and O–H groups in total. The lowest BCUT2D eigenvalue weighted by Gasteiger charge is -2.37. The van der Waals surface area contributed by atoms with Gasteiger partial charge in [0.2, 0.25) is 5.91 Å². The largest absolute Gasteiger partial charge is 0.347 e. The van der Waals surface area contributed by atoms with E-state index in [1.807, 2.05) is 36.1 Å². The lowest BCUT2D eigenvalue weighted by atomic mass is 10.0. The topological polar surface area (TPSA) is 38.8 Å². The van der Waals surface area contributed by atoms with Crippen LogP contribution in [-0.2, 0) is 14.3 Å². The minimum atomic E-state index is -0.420. The van der Waals surface area contributed by atoms with Gasteiger partial charge in [0.25, 0.3) is 0 Å². The molecule has 0 atom stereocenters. The van der Waals surface area contributed by atoms with Gasteiger partial charge in [-0.2, -0.15) is 0 Å². The van der Waals surface area contributed by atoms with Gasteiger partial charge in [-0.1, -0.05) is 29.8 Å². The van der Waals surface area contributed by atoms with Crippen molar-refractivity contribution >= 4 is 12.0 Å². The van der Waals surface area contributed by atoms with Gasteiger partial charge in [-0.15, -0.1) is 0 Å². The molecule has 21 heavy (non-hydrogen) atoms. The van der Waals surface area contributed by atoms with Crippen molar-refractivity contribution in [3.8, 4) is 0 Å². The normalized spacial score (nSPS) is 21.3. The average Bonchev–Trinajstić information content (AvgIpc) is 2.94. The number of carbonyl (C=O) groups is 1. The van der Waals surface area contributed by atoms with E-state index >= 15 is 0 Å². The molecule has 0 bridgehead atoms. The summed E-state index contributed by atoms with van der Waals surface area (Å²) in [5.41, 5.74) is 2.25. The van der Waals surface area contributed by atoms with Crippen molar-refractivity contribution in [1.82, 2.24) is 4.90 Å². The van der Waals surface area contributed by atoms with Crippen LogP contribution in [0.5, 0.6) is 0 Å². The molecule has 0 radical (unpaired) electrons. The van der Waals surface area contributed by atoms with E-state index in [0.717, 1.165) is 18.4 Å². The van der Waals surface area contributed by atoms with Gasteiger partial charge in [0, 0.05) is 32.0 Å². The van der Waals surface area contributed by atoms with Gasteiger partial charge in [0.05, 0.1) is 13.2 Å². The molecule has 0 unspecified atom stereocenters. The maximum absolute atomic E-state index is 12.2. The molecule has 1 spiro atoms. The number of nitrogens with zero attached hydrogens (tertiary/aromatic N) is 1. The maximum Gasteiger partial charge on any atom is 0.246 e. The number of likely N-dealkylation sites (tertiary alicyclic amines) is 1. The van der Waals surface area contributed by atoms with Gasteiger partial charge in [-0.3, -0.25) is 4.79 Å². The van der Waals surface area contributed by atoms with Crippen LogP contribution in [0.25, 0.3) is 6.08 Å². The van der Waals surface area contributed by atoms with Crippen LogP contribution in [0.1, 0.15) is 24.0 Å². The highest BCUT2D eigenvalue weighted by molar-refractivity contribution is 5.91. The number of hydrogen-bond donors (Lipinski definition) is 0. The summed E-state index contributed by atoms with van der Waals surface area (Å²) in [4.78, 5) is 14.1. The molecule has 4 nitrogen and oxygen atoms in total. The molecule has 0 aromatic heterocycles. The predicted octanol–water partition coefficient (Wildman–Crippen LogP) is 2.37. The monoisotopic (exact) mass is 287 g/mol. The number of piperidine rings is 1. The van der Waals surface area contributed by atoms with Crippen molar-refractivity contribution in [3.63, 3.8) is 0 Å². The number of amides is 1. The predicted molar refractivity (Wildman–Crippen MR) is 80.7 cm³/mol. The Balaban J connectivity index is 1.57. The Bertz CT molecular complexity index is 537. The van der Waals surface area contributed by atoms with E-state index in [1.165, 1.54) is 5.56 Å². The molecule has 2 heterocycles. The molecule has 2 fully saturated rings. The van der Waals surface area contributed by atoms with Crippen LogP contribution in [0.3, 0.4) is 0 Å². The zero-order valence-electron chi connectivity index (χ0n) is 12.4. The Kier molecular flexibility index (Phi) is 4.08. The number of aryl methyl sites for hydroxylation is 1. The quantitative estimate of drug-likeness (QED) is 0.784. The summed E-state index contributed by atoms with van der Waals surface area (Å²) in [6.07, 6.45) is 5.06. The van der Waals surface area contributed by atoms with Crippen molar-refractivity contribution in [2.45, 2.75) is 25.6 Å². The Morgan fingerprint density at radius 3 is 2.62 bits per heavy atom. The minimum Gasteiger partial charge on any atom is -0.347 e. The van der Waals surface area contributed by atoms with Gasteiger partial charge in [-0.05, 0) is 18.6 Å². The van der Waals surface area contributed by atoms with E-state index in [-0.39, 0.29) is 5.91 Å². The molecular weight excluding hydrogens is 266 g/mol. The van der Waals surface area contributed by atoms with Gasteiger partial charge in [-0.25, -0.2) is 0 Å². The van der Waals surface area contributed by atoms with Crippen molar-refractivity contribution in [3.05, 3.63) is 41.5 Å². The summed E-state index contributed by atoms with van der Waals surface area (Å²) in [6, 6.07) is 8.11. The van der Waals surface area contributed by atoms with Crippen LogP contribution in [0.2, 0.25) is 0 Å². The summed E-state index contributed by atoms with van der Waals surface area (Å²) in [5.74, 6) is -0.360. The first kappa shape index (κ1) is 14.3. The van der Waals surface area contributed by atoms with Crippen LogP contribution >= 0.6 is 0 Å². The summed E-state index contributed by atoms with van der Waals surface area (Å²) in [5, 5.41) is 0. The number of hydrogen-bond acceptors (Lipinski definition) is 3. The fourth-order valence-corrected chi connectivity index (χ4v) is 2.90. The molecule has 0 aliphatic carbocycles. The van der Waals surface area contributed by atoms with Crippen LogP contribution < -0.4 is 0 Å². The lowest BCUT2D eigenvalue weighted by Crippen LogP contribution is -2.46. The third-order valence-electron chi connectivity index (χ3n) is 4.11. The van der Waals surface area contributed by atoms with Crippen molar-refractivity contribution in [1.29, 1.82) is 0 Å². The minimum absolute atomic E-state index is 0.0596. The summed E-state index contributed by atoms with van der Waals surface area (Å²) in [6.45, 7) is 4.77. The average molecular weight is 287 g/mol. The van der Waals surface area contributed by atoms with Crippen molar-refractivity contribution in [2.24, 2.45) is 0 Å². The van der Waals surface area contributed by atoms with Gasteiger partial charge in [0.1, 0.15) is 0 Å². The van der Waals surface area contributed by atoms with Gasteiger partial charge >= 0.3 is 0 Å². The van der Waals surface area contributed by atoms with Crippen LogP contribution in [0, 0.1) is 6.92 Å². The first-order valence-corrected chi connectivity index (χ1v) is 7.48. The maximum atomic E-state index is 12.2. The van der Waals surface area contributed by atoms with E-state index in [1.54, 1.807) is 6.08 Å². The highest BCUT2D eigenvalue weighted by atomic mass is 16.7. The van der Waals surface area contributed by atoms with Crippen LogP contribution in [-0.4, -0.2) is 42.9 Å². The van der Waals surface area contributed by atoms with E-state index in [0.29, 0.717) is 26.3 Å². The summed E-state index contributed by atoms with van der Waals surface area (Å²) >= 11 is 0. The zero-order valence-corrected chi connectivity index (χ0v) is 12.4. The standard InChI is InChI=1S/C17H21NO3/c1-14-3-2-4-15(13-14)5-6-16(19)18-9-7-17(8-10-18)20-11-12-21-17/h2-6,13H,7-12H2,1H3. The second-order valence-corrected chi connectivity index (χ2v) is 5.68. The Morgan fingerprint density at radius 1 is 1.24 bits per heavy atom. The number of carbonyl (C=O) groups excluding carboxylic acids is 1. The fraction of sp³-hybridized carbons (Fsp3) is 0.471. The number of benzene rings is 1. The summed E-state index contributed by atoms with van der Waals surface area (Å²) < 4.78 is 11.3. The third kappa shape index (κ3) is 3.34. The molecule has 3 rings (SSSR count). The van der Waals surface area contributed by atoms with Gasteiger partial charge < -0.3 is 14.4 Å². The van der Waals surface area contributed by atoms with Crippen LogP contribution in [0.15, 0.2) is 30.3 Å². The van der Waals surface area contributed by atoms with Crippen molar-refractivity contribution < 1.29 is 14.3 Å². The van der Waals surface area contributed by atoms with E-state index in [4.69, 9.17) is 9.47 Å². The van der Waals surface area contributed by atoms with E-state index < -0.39 is 5.79 Å². The molecule has 0 saturated carbocycles. The second kappa shape index (κ2) is 6.00. The molecule has 4 heteroatoms. The highest BCUT2D eigenvalue weighted by Gasteiger charge is 2.40. The van der Waals surface area contributed by atoms with Crippen LogP contribution in [0.4, 0.5) is 0 Å². The highest BCUT2D eigenvalue weighted by Crippen LogP contribution is 2.31. The van der Waals surface area contributed by atoms with E-state index in [9.17, 15) is 4.79 Å².